The Morgan fingerprint density at radius 2 is 2.26 bits per heavy atom. The van der Waals surface area contributed by atoms with Crippen molar-refractivity contribution >= 4 is 5.82 Å². The second-order valence-electron chi connectivity index (χ2n) is 5.45. The Bertz CT molecular complexity index is 402. The highest BCUT2D eigenvalue weighted by molar-refractivity contribution is 5.33. The molecule has 1 aromatic heterocycles. The first kappa shape index (κ1) is 14.0. The average molecular weight is 267 g/mol. The Morgan fingerprint density at radius 1 is 1.47 bits per heavy atom. The molecule has 1 fully saturated rings. The third-order valence-electron chi connectivity index (χ3n) is 2.97. The van der Waals surface area contributed by atoms with Crippen LogP contribution in [0.5, 0.6) is 5.88 Å². The summed E-state index contributed by atoms with van der Waals surface area (Å²) >= 11 is 0. The van der Waals surface area contributed by atoms with Crippen LogP contribution in [0.2, 0.25) is 0 Å². The molecule has 106 valence electrons. The topological polar surface area (TPSA) is 76.5 Å². The number of ether oxygens (including phenoxy) is 2. The van der Waals surface area contributed by atoms with Crippen molar-refractivity contribution in [3.8, 4) is 5.88 Å². The van der Waals surface area contributed by atoms with Crippen LogP contribution < -0.4 is 10.1 Å². The fourth-order valence-electron chi connectivity index (χ4n) is 1.67. The molecule has 0 radical (unpaired) electrons. The van der Waals surface area contributed by atoms with Gasteiger partial charge in [-0.25, -0.2) is 0 Å². The van der Waals surface area contributed by atoms with E-state index < -0.39 is 0 Å². The van der Waals surface area contributed by atoms with Gasteiger partial charge < -0.3 is 19.9 Å². The molecule has 0 bridgehead atoms. The van der Waals surface area contributed by atoms with E-state index in [-0.39, 0.29) is 12.0 Å². The average Bonchev–Trinajstić information content (AvgIpc) is 2.36. The summed E-state index contributed by atoms with van der Waals surface area (Å²) in [5.74, 6) is 1.62. The zero-order valence-electron chi connectivity index (χ0n) is 11.4. The van der Waals surface area contributed by atoms with Crippen molar-refractivity contribution in [2.45, 2.75) is 13.8 Å². The normalized spacial score (nSPS) is 17.1. The lowest BCUT2D eigenvalue weighted by molar-refractivity contribution is -0.128. The van der Waals surface area contributed by atoms with Gasteiger partial charge >= 0.3 is 0 Å². The van der Waals surface area contributed by atoms with Gasteiger partial charge in [0.2, 0.25) is 5.88 Å². The zero-order valence-corrected chi connectivity index (χ0v) is 11.4. The Labute approximate surface area is 113 Å². The van der Waals surface area contributed by atoms with Gasteiger partial charge in [-0.2, -0.15) is 4.98 Å². The Morgan fingerprint density at radius 3 is 2.84 bits per heavy atom. The molecule has 0 saturated carbocycles. The highest BCUT2D eigenvalue weighted by atomic mass is 16.5. The molecule has 1 aliphatic heterocycles. The number of aliphatic hydroxyl groups is 1. The highest BCUT2D eigenvalue weighted by Gasteiger charge is 2.37. The van der Waals surface area contributed by atoms with Crippen LogP contribution in [0.3, 0.4) is 0 Å². The molecule has 0 spiro atoms. The predicted octanol–water partition coefficient (Wildman–Crippen LogP) is 0.932. The molecule has 2 rings (SSSR count). The minimum absolute atomic E-state index is 0.108. The van der Waals surface area contributed by atoms with Crippen molar-refractivity contribution in [3.05, 3.63) is 12.4 Å². The van der Waals surface area contributed by atoms with Gasteiger partial charge in [-0.3, -0.25) is 4.98 Å². The van der Waals surface area contributed by atoms with Crippen molar-refractivity contribution in [1.82, 2.24) is 9.97 Å². The van der Waals surface area contributed by atoms with E-state index in [0.29, 0.717) is 44.0 Å². The maximum atomic E-state index is 9.33. The summed E-state index contributed by atoms with van der Waals surface area (Å²) in [7, 11) is 0. The Kier molecular flexibility index (Phi) is 4.55. The molecule has 19 heavy (non-hydrogen) atoms. The number of nitrogens with zero attached hydrogens (tertiary/aromatic N) is 2. The van der Waals surface area contributed by atoms with Crippen LogP contribution >= 0.6 is 0 Å². The van der Waals surface area contributed by atoms with E-state index in [1.807, 2.05) is 0 Å². The monoisotopic (exact) mass is 267 g/mol. The van der Waals surface area contributed by atoms with Crippen LogP contribution in [0, 0.1) is 11.3 Å². The van der Waals surface area contributed by atoms with E-state index in [9.17, 15) is 5.11 Å². The molecule has 0 aliphatic carbocycles. The molecular formula is C13H21N3O3. The van der Waals surface area contributed by atoms with E-state index in [1.165, 1.54) is 0 Å². The van der Waals surface area contributed by atoms with Gasteiger partial charge in [-0.1, -0.05) is 13.8 Å². The van der Waals surface area contributed by atoms with Crippen molar-refractivity contribution in [3.63, 3.8) is 0 Å². The summed E-state index contributed by atoms with van der Waals surface area (Å²) in [5.41, 5.74) is -0.184. The standard InChI is InChI=1S/C13H21N3O3/c1-10(2)5-19-12-4-14-3-11(16-12)15-6-13(7-17)8-18-9-13/h3-4,10,17H,5-9H2,1-2H3,(H,15,16). The van der Waals surface area contributed by atoms with E-state index in [0.717, 1.165) is 0 Å². The van der Waals surface area contributed by atoms with Crippen molar-refractivity contribution in [1.29, 1.82) is 0 Å². The number of rotatable bonds is 7. The zero-order chi connectivity index (χ0) is 13.7. The summed E-state index contributed by atoms with van der Waals surface area (Å²) < 4.78 is 10.7. The van der Waals surface area contributed by atoms with Gasteiger partial charge in [0, 0.05) is 6.54 Å². The van der Waals surface area contributed by atoms with Crippen LogP contribution in [0.1, 0.15) is 13.8 Å². The lowest BCUT2D eigenvalue weighted by Gasteiger charge is -2.39. The van der Waals surface area contributed by atoms with Gasteiger partial charge in [0.15, 0.2) is 0 Å². The second kappa shape index (κ2) is 6.16. The molecule has 0 aromatic carbocycles. The van der Waals surface area contributed by atoms with E-state index in [4.69, 9.17) is 9.47 Å². The molecule has 1 aliphatic rings. The third kappa shape index (κ3) is 3.78. The van der Waals surface area contributed by atoms with E-state index in [2.05, 4.69) is 29.1 Å². The summed E-state index contributed by atoms with van der Waals surface area (Å²) in [6.45, 7) is 6.66. The van der Waals surface area contributed by atoms with Crippen LogP contribution in [0.4, 0.5) is 5.82 Å². The minimum Gasteiger partial charge on any atom is -0.476 e. The molecule has 1 aromatic rings. The summed E-state index contributed by atoms with van der Waals surface area (Å²) in [6, 6.07) is 0. The number of aromatic nitrogens is 2. The first-order chi connectivity index (χ1) is 9.13. The van der Waals surface area contributed by atoms with Crippen LogP contribution in [0.15, 0.2) is 12.4 Å². The van der Waals surface area contributed by atoms with Gasteiger partial charge in [0.25, 0.3) is 0 Å². The molecule has 0 unspecified atom stereocenters. The molecule has 0 atom stereocenters. The SMILES string of the molecule is CC(C)COc1cncc(NCC2(CO)COC2)n1. The lowest BCUT2D eigenvalue weighted by Crippen LogP contribution is -2.50. The summed E-state index contributed by atoms with van der Waals surface area (Å²) in [5, 5.41) is 12.5. The lowest BCUT2D eigenvalue weighted by atomic mass is 9.87. The molecule has 2 heterocycles. The Hall–Kier alpha value is -1.40. The van der Waals surface area contributed by atoms with Crippen LogP contribution in [-0.2, 0) is 4.74 Å². The summed E-state index contributed by atoms with van der Waals surface area (Å²) in [4.78, 5) is 8.41. The van der Waals surface area contributed by atoms with E-state index >= 15 is 0 Å². The minimum atomic E-state index is -0.184. The predicted molar refractivity (Wildman–Crippen MR) is 71.2 cm³/mol. The number of nitrogens with one attached hydrogen (secondary N) is 1. The molecule has 0 amide bonds. The molecular weight excluding hydrogens is 246 g/mol. The van der Waals surface area contributed by atoms with Crippen LogP contribution in [-0.4, -0.2) is 48.0 Å². The molecule has 6 nitrogen and oxygen atoms in total. The fourth-order valence-corrected chi connectivity index (χ4v) is 1.67. The quantitative estimate of drug-likeness (QED) is 0.765. The number of hydrogen-bond acceptors (Lipinski definition) is 6. The van der Waals surface area contributed by atoms with Crippen molar-refractivity contribution in [2.24, 2.45) is 11.3 Å². The number of anilines is 1. The molecule has 6 heteroatoms. The first-order valence-electron chi connectivity index (χ1n) is 6.51. The van der Waals surface area contributed by atoms with Gasteiger partial charge in [0.1, 0.15) is 5.82 Å². The first-order valence-corrected chi connectivity index (χ1v) is 6.51. The van der Waals surface area contributed by atoms with Crippen LogP contribution in [0.25, 0.3) is 0 Å². The number of hydrogen-bond donors (Lipinski definition) is 2. The summed E-state index contributed by atoms with van der Waals surface area (Å²) in [6.07, 6.45) is 3.24. The largest absolute Gasteiger partial charge is 0.476 e. The maximum absolute atomic E-state index is 9.33. The maximum Gasteiger partial charge on any atom is 0.234 e. The van der Waals surface area contributed by atoms with Crippen molar-refractivity contribution < 1.29 is 14.6 Å². The highest BCUT2D eigenvalue weighted by Crippen LogP contribution is 2.26. The Balaban J connectivity index is 1.88. The molecule has 2 N–H and O–H groups in total. The van der Waals surface area contributed by atoms with Gasteiger partial charge in [-0.05, 0) is 5.92 Å². The van der Waals surface area contributed by atoms with Crippen molar-refractivity contribution in [2.75, 3.05) is 38.3 Å². The number of aliphatic hydroxyl groups excluding tert-OH is 1. The van der Waals surface area contributed by atoms with Gasteiger partial charge in [-0.15, -0.1) is 0 Å². The van der Waals surface area contributed by atoms with E-state index in [1.54, 1.807) is 12.4 Å². The molecule has 1 saturated heterocycles. The second-order valence-corrected chi connectivity index (χ2v) is 5.45. The smallest absolute Gasteiger partial charge is 0.234 e. The fraction of sp³-hybridized carbons (Fsp3) is 0.692. The van der Waals surface area contributed by atoms with Gasteiger partial charge in [0.05, 0.1) is 44.2 Å². The third-order valence-corrected chi connectivity index (χ3v) is 2.97.